The van der Waals surface area contributed by atoms with Crippen molar-refractivity contribution in [3.05, 3.63) is 69.8 Å². The van der Waals surface area contributed by atoms with E-state index < -0.39 is 0 Å². The fraction of sp³-hybridized carbons (Fsp3) is 0.200. The molecule has 0 N–H and O–H groups in total. The molecule has 3 heteroatoms. The summed E-state index contributed by atoms with van der Waals surface area (Å²) in [4.78, 5) is 12.6. The van der Waals surface area contributed by atoms with E-state index in [9.17, 15) is 10.1 Å². The zero-order valence-corrected chi connectivity index (χ0v) is 13.8. The molecule has 0 spiro atoms. The molecule has 3 nitrogen and oxygen atoms in total. The van der Waals surface area contributed by atoms with Crippen molar-refractivity contribution in [1.82, 2.24) is 0 Å². The van der Waals surface area contributed by atoms with Crippen molar-refractivity contribution >= 4 is 11.9 Å². The average molecular weight is 305 g/mol. The van der Waals surface area contributed by atoms with Gasteiger partial charge in [0.25, 0.3) is 0 Å². The van der Waals surface area contributed by atoms with Crippen LogP contribution in [0, 0.1) is 32.1 Å². The maximum absolute atomic E-state index is 12.6. The molecule has 0 radical (unpaired) electrons. The zero-order chi connectivity index (χ0) is 17.0. The van der Waals surface area contributed by atoms with E-state index in [1.165, 1.54) is 5.56 Å². The predicted octanol–water partition coefficient (Wildman–Crippen LogP) is 4.41. The standard InChI is InChI=1S/C20H19NO2/c1-13-8-15(3)17(9-14(13)2)10-18(12-21)20(22)16-6-5-7-19(11-16)23-4/h5-11H,1-4H3/b18-10-. The largest absolute Gasteiger partial charge is 0.497 e. The van der Waals surface area contributed by atoms with Gasteiger partial charge in [0.15, 0.2) is 0 Å². The van der Waals surface area contributed by atoms with Crippen molar-refractivity contribution in [3.63, 3.8) is 0 Å². The molecule has 116 valence electrons. The van der Waals surface area contributed by atoms with Gasteiger partial charge in [-0.1, -0.05) is 24.3 Å². The van der Waals surface area contributed by atoms with E-state index >= 15 is 0 Å². The SMILES string of the molecule is COc1cccc(C(=O)/C(C#N)=C\c2cc(C)c(C)cc2C)c1. The van der Waals surface area contributed by atoms with E-state index in [0.717, 1.165) is 16.7 Å². The predicted molar refractivity (Wildman–Crippen MR) is 91.6 cm³/mol. The first kappa shape index (κ1) is 16.5. The van der Waals surface area contributed by atoms with Gasteiger partial charge in [0, 0.05) is 5.56 Å². The summed E-state index contributed by atoms with van der Waals surface area (Å²) in [6.45, 7) is 6.04. The first-order chi connectivity index (χ1) is 11.0. The van der Waals surface area contributed by atoms with Crippen LogP contribution in [0.3, 0.4) is 0 Å². The maximum Gasteiger partial charge on any atom is 0.203 e. The Bertz CT molecular complexity index is 826. The Morgan fingerprint density at radius 2 is 1.78 bits per heavy atom. The van der Waals surface area contributed by atoms with Gasteiger partial charge in [0.1, 0.15) is 17.4 Å². The number of rotatable bonds is 4. The number of nitrogens with zero attached hydrogens (tertiary/aromatic N) is 1. The molecular weight excluding hydrogens is 286 g/mol. The van der Waals surface area contributed by atoms with Gasteiger partial charge in [-0.3, -0.25) is 4.79 Å². The molecule has 0 saturated carbocycles. The lowest BCUT2D eigenvalue weighted by Gasteiger charge is -2.07. The molecule has 0 aliphatic rings. The molecule has 0 atom stereocenters. The monoisotopic (exact) mass is 305 g/mol. The van der Waals surface area contributed by atoms with Gasteiger partial charge in [-0.25, -0.2) is 0 Å². The molecule has 2 rings (SSSR count). The molecule has 2 aromatic carbocycles. The topological polar surface area (TPSA) is 50.1 Å². The van der Waals surface area contributed by atoms with Crippen LogP contribution in [-0.4, -0.2) is 12.9 Å². The Kier molecular flexibility index (Phi) is 4.98. The lowest BCUT2D eigenvalue weighted by atomic mass is 9.97. The number of aryl methyl sites for hydroxylation is 3. The van der Waals surface area contributed by atoms with Crippen LogP contribution >= 0.6 is 0 Å². The first-order valence-corrected chi connectivity index (χ1v) is 7.34. The van der Waals surface area contributed by atoms with Crippen molar-refractivity contribution in [2.75, 3.05) is 7.11 Å². The molecule has 0 aliphatic heterocycles. The molecular formula is C20H19NO2. The van der Waals surface area contributed by atoms with Crippen LogP contribution < -0.4 is 4.74 Å². The van der Waals surface area contributed by atoms with Crippen molar-refractivity contribution in [1.29, 1.82) is 5.26 Å². The molecule has 23 heavy (non-hydrogen) atoms. The summed E-state index contributed by atoms with van der Waals surface area (Å²) in [6, 6.07) is 12.9. The highest BCUT2D eigenvalue weighted by Gasteiger charge is 2.13. The Morgan fingerprint density at radius 1 is 1.09 bits per heavy atom. The van der Waals surface area contributed by atoms with Crippen LogP contribution in [0.25, 0.3) is 6.08 Å². The zero-order valence-electron chi connectivity index (χ0n) is 13.8. The van der Waals surface area contributed by atoms with Gasteiger partial charge in [-0.2, -0.15) is 5.26 Å². The fourth-order valence-corrected chi connectivity index (χ4v) is 2.36. The summed E-state index contributed by atoms with van der Waals surface area (Å²) in [5, 5.41) is 9.39. The number of Topliss-reactive ketones (excluding diaryl/α,β-unsaturated/α-hetero) is 1. The number of nitriles is 1. The Morgan fingerprint density at radius 3 is 2.43 bits per heavy atom. The van der Waals surface area contributed by atoms with E-state index in [-0.39, 0.29) is 11.4 Å². The lowest BCUT2D eigenvalue weighted by Crippen LogP contribution is -2.02. The summed E-state index contributed by atoms with van der Waals surface area (Å²) in [6.07, 6.45) is 1.66. The quantitative estimate of drug-likeness (QED) is 0.477. The van der Waals surface area contributed by atoms with Crippen LogP contribution in [0.2, 0.25) is 0 Å². The van der Waals surface area contributed by atoms with Crippen molar-refractivity contribution < 1.29 is 9.53 Å². The normalized spacial score (nSPS) is 11.0. The van der Waals surface area contributed by atoms with Gasteiger partial charge in [0.2, 0.25) is 5.78 Å². The Hall–Kier alpha value is -2.86. The smallest absolute Gasteiger partial charge is 0.203 e. The number of carbonyl (C=O) groups excluding carboxylic acids is 1. The molecule has 0 heterocycles. The summed E-state index contributed by atoms with van der Waals surface area (Å²) in [5.74, 6) is 0.291. The number of carbonyl (C=O) groups is 1. The first-order valence-electron chi connectivity index (χ1n) is 7.34. The Balaban J connectivity index is 2.45. The van der Waals surface area contributed by atoms with Crippen LogP contribution in [0.5, 0.6) is 5.75 Å². The van der Waals surface area contributed by atoms with E-state index in [1.807, 2.05) is 32.9 Å². The highest BCUT2D eigenvalue weighted by Crippen LogP contribution is 2.21. The van der Waals surface area contributed by atoms with Gasteiger partial charge >= 0.3 is 0 Å². The van der Waals surface area contributed by atoms with Crippen LogP contribution in [0.15, 0.2) is 42.0 Å². The summed E-state index contributed by atoms with van der Waals surface area (Å²) >= 11 is 0. The van der Waals surface area contributed by atoms with Gasteiger partial charge in [-0.05, 0) is 61.2 Å². The molecule has 0 aliphatic carbocycles. The maximum atomic E-state index is 12.6. The Labute approximate surface area is 136 Å². The lowest BCUT2D eigenvalue weighted by molar-refractivity contribution is 0.103. The molecule has 0 saturated heterocycles. The summed E-state index contributed by atoms with van der Waals surface area (Å²) < 4.78 is 5.13. The second kappa shape index (κ2) is 6.93. The third-order valence-electron chi connectivity index (χ3n) is 3.88. The van der Waals surface area contributed by atoms with Gasteiger partial charge in [-0.15, -0.1) is 0 Å². The molecule has 0 amide bonds. The number of allylic oxidation sites excluding steroid dienone is 1. The summed E-state index contributed by atoms with van der Waals surface area (Å²) in [5.41, 5.74) is 4.81. The molecule has 0 fully saturated rings. The number of ether oxygens (including phenoxy) is 1. The number of ketones is 1. The average Bonchev–Trinajstić information content (AvgIpc) is 2.56. The molecule has 0 bridgehead atoms. The van der Waals surface area contributed by atoms with Crippen LogP contribution in [0.4, 0.5) is 0 Å². The van der Waals surface area contributed by atoms with E-state index in [2.05, 4.69) is 6.07 Å². The number of hydrogen-bond acceptors (Lipinski definition) is 3. The third-order valence-corrected chi connectivity index (χ3v) is 3.88. The number of methoxy groups -OCH3 is 1. The minimum atomic E-state index is -0.302. The van der Waals surface area contributed by atoms with Crippen molar-refractivity contribution in [2.45, 2.75) is 20.8 Å². The second-order valence-corrected chi connectivity index (χ2v) is 5.52. The van der Waals surface area contributed by atoms with E-state index in [1.54, 1.807) is 37.5 Å². The van der Waals surface area contributed by atoms with E-state index in [4.69, 9.17) is 4.74 Å². The van der Waals surface area contributed by atoms with Gasteiger partial charge < -0.3 is 4.74 Å². The van der Waals surface area contributed by atoms with E-state index in [0.29, 0.717) is 11.3 Å². The minimum absolute atomic E-state index is 0.115. The number of benzene rings is 2. The van der Waals surface area contributed by atoms with Crippen LogP contribution in [0.1, 0.15) is 32.6 Å². The van der Waals surface area contributed by atoms with Crippen molar-refractivity contribution in [2.24, 2.45) is 0 Å². The molecule has 0 unspecified atom stereocenters. The minimum Gasteiger partial charge on any atom is -0.497 e. The van der Waals surface area contributed by atoms with Gasteiger partial charge in [0.05, 0.1) is 7.11 Å². The summed E-state index contributed by atoms with van der Waals surface area (Å²) in [7, 11) is 1.54. The molecule has 2 aromatic rings. The fourth-order valence-electron chi connectivity index (χ4n) is 2.36. The highest BCUT2D eigenvalue weighted by molar-refractivity contribution is 6.14. The number of hydrogen-bond donors (Lipinski definition) is 0. The molecule has 0 aromatic heterocycles. The second-order valence-electron chi connectivity index (χ2n) is 5.52. The third kappa shape index (κ3) is 3.67. The van der Waals surface area contributed by atoms with Crippen molar-refractivity contribution in [3.8, 4) is 11.8 Å². The van der Waals surface area contributed by atoms with Crippen LogP contribution in [-0.2, 0) is 0 Å². The highest BCUT2D eigenvalue weighted by atomic mass is 16.5.